The summed E-state index contributed by atoms with van der Waals surface area (Å²) in [5.41, 5.74) is 21.9. The van der Waals surface area contributed by atoms with Gasteiger partial charge in [-0.1, -0.05) is 132 Å². The fourth-order valence-corrected chi connectivity index (χ4v) is 13.5. The van der Waals surface area contributed by atoms with E-state index in [4.69, 9.17) is 15.0 Å². The molecule has 0 saturated carbocycles. The molecule has 2 aliphatic rings. The van der Waals surface area contributed by atoms with Crippen molar-refractivity contribution in [1.82, 2.24) is 34.1 Å². The molecule has 0 radical (unpaired) electrons. The molecule has 0 N–H and O–H groups in total. The topological polar surface area (TPSA) is 91.1 Å². The fourth-order valence-electron chi connectivity index (χ4n) is 13.5. The normalized spacial score (nSPS) is 12.5. The van der Waals surface area contributed by atoms with Gasteiger partial charge < -0.3 is 24.2 Å². The van der Waals surface area contributed by atoms with E-state index in [0.29, 0.717) is 23.7 Å². The Morgan fingerprint density at radius 3 is 1.41 bits per heavy atom. The number of benzene rings is 10. The van der Waals surface area contributed by atoms with E-state index in [2.05, 4.69) is 281 Å². The third-order valence-corrected chi connectivity index (χ3v) is 17.9. The van der Waals surface area contributed by atoms with Crippen molar-refractivity contribution in [2.75, 3.05) is 33.7 Å². The van der Waals surface area contributed by atoms with Gasteiger partial charge in [-0.25, -0.2) is 14.5 Å². The maximum Gasteiger partial charge on any atom is 3.00 e. The fraction of sp³-hybridized carbons (Fsp3) is 0.210. The first-order valence-electron chi connectivity index (χ1n) is 32.0. The molecule has 0 unspecified atom stereocenters. The van der Waals surface area contributed by atoms with E-state index in [1.54, 1.807) is 18.7 Å². The summed E-state index contributed by atoms with van der Waals surface area (Å²) < 4.78 is 6.85. The molecule has 95 heavy (non-hydrogen) atoms. The van der Waals surface area contributed by atoms with Crippen molar-refractivity contribution in [2.45, 2.75) is 79.1 Å². The summed E-state index contributed by atoms with van der Waals surface area (Å²) in [6, 6.07) is 71.7. The summed E-state index contributed by atoms with van der Waals surface area (Å²) >= 11 is 0. The van der Waals surface area contributed by atoms with Crippen LogP contribution in [0.3, 0.4) is 0 Å². The maximum absolute atomic E-state index is 5.21. The Bertz CT molecular complexity index is 4830. The number of nitrogens with zero attached hydrogens (tertiary/aromatic N) is 12. The smallest absolute Gasteiger partial charge is 0.504 e. The van der Waals surface area contributed by atoms with Crippen LogP contribution in [-0.2, 0) is 61.4 Å². The van der Waals surface area contributed by atoms with Gasteiger partial charge in [0.15, 0.2) is 5.52 Å². The molecular weight excluding hydrogens is 1530 g/mol. The van der Waals surface area contributed by atoms with E-state index in [1.165, 1.54) is 62.0 Å². The molecule has 14 aromatic rings. The minimum atomic E-state index is 0. The number of imidazole rings is 2. The van der Waals surface area contributed by atoms with Gasteiger partial charge in [-0.2, -0.15) is 74.0 Å². The van der Waals surface area contributed by atoms with Crippen LogP contribution in [0.4, 0.5) is 34.1 Å². The van der Waals surface area contributed by atoms with Crippen molar-refractivity contribution >= 4 is 99.7 Å². The number of fused-ring (bicyclic) bond motifs is 14. The maximum atomic E-state index is 5.21. The predicted molar refractivity (Wildman–Crippen MR) is 384 cm³/mol. The summed E-state index contributed by atoms with van der Waals surface area (Å²) in [5, 5.41) is 5.35. The van der Waals surface area contributed by atoms with Crippen molar-refractivity contribution < 1.29 is 44.8 Å². The van der Waals surface area contributed by atoms with Crippen LogP contribution in [0.25, 0.3) is 88.3 Å². The first kappa shape index (κ1) is 67.3. The zero-order valence-electron chi connectivity index (χ0n) is 56.0. The minimum Gasteiger partial charge on any atom is -0.504 e. The van der Waals surface area contributed by atoms with Gasteiger partial charge in [0, 0.05) is 59.5 Å². The quantitative estimate of drug-likeness (QED) is 0.0838. The Hall–Kier alpha value is -9.16. The van der Waals surface area contributed by atoms with E-state index in [9.17, 15) is 0 Å². The molecule has 0 saturated heterocycles. The first-order chi connectivity index (χ1) is 45.1. The third kappa shape index (κ3) is 12.4. The van der Waals surface area contributed by atoms with Crippen LogP contribution < -0.4 is 24.2 Å². The molecule has 10 aromatic carbocycles. The Balaban J connectivity index is 0.000000133. The second-order valence-electron chi connectivity index (χ2n) is 25.2. The van der Waals surface area contributed by atoms with Gasteiger partial charge in [0.25, 0.3) is 5.82 Å². The number of anilines is 6. The number of hydrogen-bond acceptors (Lipinski definition) is 9. The van der Waals surface area contributed by atoms with E-state index in [0.717, 1.165) is 82.7 Å². The van der Waals surface area contributed by atoms with E-state index >= 15 is 0 Å². The molecule has 0 atom stereocenters. The van der Waals surface area contributed by atoms with Crippen LogP contribution >= 0.6 is 0 Å². The SMILES string of the molecule is CC(C)c1cccc(C(C)C)c1-c1n(C)c2c3ncncc3c3ccc[c-]c3c2[n+]1C.CC(C)c1cccc(C(C)C)c1-c1nc2c3[c-]cccc3c3nccnc3c2n1C.CN1[CH-]N(c2[c-]cccc2)c2ccccc21.CN1[CH-]N(c2[c-]cccc2)c2ccccc21.[Ir+3].[Ir+3]. The minimum absolute atomic E-state index is 0. The average molecular weight is 1600 g/mol. The van der Waals surface area contributed by atoms with E-state index in [1.807, 2.05) is 66.9 Å². The van der Waals surface area contributed by atoms with E-state index in [-0.39, 0.29) is 40.2 Å². The monoisotopic (exact) mass is 1600 g/mol. The predicted octanol–water partition coefficient (Wildman–Crippen LogP) is 18.6. The van der Waals surface area contributed by atoms with Crippen molar-refractivity contribution in [1.29, 1.82) is 0 Å². The molecule has 0 bridgehead atoms. The Labute approximate surface area is 585 Å². The second-order valence-corrected chi connectivity index (χ2v) is 25.2. The van der Waals surface area contributed by atoms with Gasteiger partial charge in [-0.3, -0.25) is 19.5 Å². The Morgan fingerprint density at radius 1 is 0.421 bits per heavy atom. The van der Waals surface area contributed by atoms with Gasteiger partial charge >= 0.3 is 40.2 Å². The number of rotatable bonds is 8. The average Bonchev–Trinajstić information content (AvgIpc) is 1.60. The van der Waals surface area contributed by atoms with Crippen molar-refractivity contribution in [2.24, 2.45) is 21.1 Å². The van der Waals surface area contributed by atoms with Crippen LogP contribution in [0, 0.1) is 37.6 Å². The number of aromatic nitrogens is 8. The molecule has 2 aliphatic heterocycles. The molecule has 4 aromatic heterocycles. The van der Waals surface area contributed by atoms with Gasteiger partial charge in [0.2, 0.25) is 0 Å². The van der Waals surface area contributed by atoms with Crippen molar-refractivity contribution in [3.8, 4) is 22.8 Å². The molecule has 14 heteroatoms. The van der Waals surface area contributed by atoms with Gasteiger partial charge in [0.05, 0.1) is 36.2 Å². The van der Waals surface area contributed by atoms with Crippen molar-refractivity contribution in [3.63, 3.8) is 0 Å². The van der Waals surface area contributed by atoms with E-state index < -0.39 is 0 Å². The largest absolute Gasteiger partial charge is 3.00 e. The molecule has 12 nitrogen and oxygen atoms in total. The Morgan fingerprint density at radius 2 is 0.895 bits per heavy atom. The number of hydrogen-bond donors (Lipinski definition) is 0. The summed E-state index contributed by atoms with van der Waals surface area (Å²) in [6.07, 6.45) is 7.08. The summed E-state index contributed by atoms with van der Waals surface area (Å²) in [5.74, 6) is 3.84. The van der Waals surface area contributed by atoms with Gasteiger partial charge in [0.1, 0.15) is 23.2 Å². The van der Waals surface area contributed by atoms with Crippen LogP contribution in [-0.4, -0.2) is 48.1 Å². The molecular formula is C81H77Ir2N12+. The molecule has 478 valence electrons. The Kier molecular flexibility index (Phi) is 20.1. The van der Waals surface area contributed by atoms with Crippen molar-refractivity contribution in [3.05, 3.63) is 255 Å². The second kappa shape index (κ2) is 28.4. The molecule has 0 spiro atoms. The van der Waals surface area contributed by atoms with Crippen LogP contribution in [0.5, 0.6) is 0 Å². The van der Waals surface area contributed by atoms with Crippen LogP contribution in [0.2, 0.25) is 0 Å². The molecule has 0 amide bonds. The third-order valence-electron chi connectivity index (χ3n) is 17.9. The number of aryl methyl sites for hydroxylation is 3. The first-order valence-corrected chi connectivity index (χ1v) is 32.0. The summed E-state index contributed by atoms with van der Waals surface area (Å²) in [7, 11) is 10.5. The standard InChI is InChI=1S/C27H28N4.C26H25N4.2C14H12N2.2Ir/c1-16(2)18-12-9-13-19(17(3)4)23(18)27-30(5)25-21-11-8-7-10-20(21)22-14-28-15-29-24(22)26(25)31(27)6;1-15(2)17-11-8-12-18(16(3)4)21(17)26-29-23-20-10-7-6-9-19(20)22-24(25(23)30(26)5)28-14-13-27-22;2*1-15-11-16(12-7-3-2-4-8-12)14-10-6-5-9-13(14)15;;/h7-10,12-17H,1-6H3;6-9,11-16H,1-5H3;2*2-7,9-11H,1H3;;/q;-1;2*-2;2*+3. The molecule has 0 fully saturated rings. The molecule has 16 rings (SSSR count). The van der Waals surface area contributed by atoms with Crippen LogP contribution in [0.15, 0.2) is 195 Å². The molecule has 6 heterocycles. The van der Waals surface area contributed by atoms with Gasteiger partial charge in [-0.05, 0) is 89.7 Å². The number of para-hydroxylation sites is 6. The van der Waals surface area contributed by atoms with Crippen LogP contribution in [0.1, 0.15) is 101 Å². The summed E-state index contributed by atoms with van der Waals surface area (Å²) in [4.78, 5) is 32.2. The zero-order chi connectivity index (χ0) is 64.8. The summed E-state index contributed by atoms with van der Waals surface area (Å²) in [6.45, 7) is 22.2. The molecule has 0 aliphatic carbocycles. The van der Waals surface area contributed by atoms with Gasteiger partial charge in [-0.15, -0.1) is 65.3 Å². The zero-order valence-corrected chi connectivity index (χ0v) is 60.8.